The van der Waals surface area contributed by atoms with Gasteiger partial charge < -0.3 is 5.73 Å². The Morgan fingerprint density at radius 1 is 1.05 bits per heavy atom. The first-order valence-corrected chi connectivity index (χ1v) is 12.0. The van der Waals surface area contributed by atoms with E-state index in [1.54, 1.807) is 23.3 Å². The van der Waals surface area contributed by atoms with Crippen LogP contribution in [0.25, 0.3) is 11.3 Å². The van der Waals surface area contributed by atoms with E-state index in [1.807, 2.05) is 12.3 Å². The zero-order chi connectivity index (χ0) is 26.1. The molecule has 0 amide bonds. The number of carbonyl (C=O) groups excluding carboxylic acids is 1. The molecule has 3 aromatic heterocycles. The van der Waals surface area contributed by atoms with Crippen LogP contribution in [-0.2, 0) is 6.42 Å². The second-order valence-corrected chi connectivity index (χ2v) is 9.48. The first-order valence-electron chi connectivity index (χ1n) is 12.0. The van der Waals surface area contributed by atoms with Gasteiger partial charge in [0.25, 0.3) is 0 Å². The molecule has 0 radical (unpaired) electrons. The number of benzene rings is 1. The molecule has 4 aromatic rings. The number of nitrogens with two attached hydrogens (primary N) is 1. The van der Waals surface area contributed by atoms with Crippen molar-refractivity contribution < 1.29 is 18.0 Å². The molecule has 0 bridgehead atoms. The van der Waals surface area contributed by atoms with Crippen molar-refractivity contribution in [1.29, 1.82) is 0 Å². The van der Waals surface area contributed by atoms with E-state index in [9.17, 15) is 18.0 Å². The number of hydrogen-bond acceptors (Lipinski definition) is 6. The second-order valence-electron chi connectivity index (χ2n) is 9.48. The molecule has 5 rings (SSSR count). The van der Waals surface area contributed by atoms with Gasteiger partial charge in [0.15, 0.2) is 5.78 Å². The Bertz CT molecular complexity index is 1400. The molecule has 0 aliphatic heterocycles. The van der Waals surface area contributed by atoms with Gasteiger partial charge in [-0.1, -0.05) is 18.2 Å². The normalized spacial score (nSPS) is 21.6. The molecular weight excluding hydrogens is 481 g/mol. The number of ketones is 1. The third-order valence-electron chi connectivity index (χ3n) is 7.04. The maximum absolute atomic E-state index is 14.5. The molecule has 0 spiro atoms. The number of nitrogens with zero attached hydrogens (tertiary/aromatic N) is 5. The summed E-state index contributed by atoms with van der Waals surface area (Å²) in [5.74, 6) is -2.95. The van der Waals surface area contributed by atoms with Crippen LogP contribution < -0.4 is 5.73 Å². The minimum atomic E-state index is -0.961. The molecule has 37 heavy (non-hydrogen) atoms. The molecule has 1 aliphatic carbocycles. The number of hydrogen-bond donors (Lipinski definition) is 1. The van der Waals surface area contributed by atoms with Crippen molar-refractivity contribution in [2.75, 3.05) is 0 Å². The van der Waals surface area contributed by atoms with Gasteiger partial charge in [0.2, 0.25) is 0 Å². The van der Waals surface area contributed by atoms with Gasteiger partial charge in [-0.15, -0.1) is 5.10 Å². The summed E-state index contributed by atoms with van der Waals surface area (Å²) in [5.41, 5.74) is 7.00. The van der Waals surface area contributed by atoms with Gasteiger partial charge in [0.1, 0.15) is 28.8 Å². The van der Waals surface area contributed by atoms with Crippen LogP contribution in [0.3, 0.4) is 0 Å². The molecular formula is C27H25F3N6O. The lowest BCUT2D eigenvalue weighted by Gasteiger charge is -2.39. The van der Waals surface area contributed by atoms with Crippen LogP contribution in [-0.4, -0.2) is 36.8 Å². The SMILES string of the molecule is C[C@H]1C[C@@H](c2ccncc2CC(=O)c2ccc(F)c(-c3c(F)cccc3F)n2)C[C@@H](N)[C@H]1n1ccnn1. The molecule has 10 heteroatoms. The average Bonchev–Trinajstić information content (AvgIpc) is 3.39. The van der Waals surface area contributed by atoms with Gasteiger partial charge >= 0.3 is 0 Å². The van der Waals surface area contributed by atoms with Crippen molar-refractivity contribution in [2.24, 2.45) is 11.7 Å². The average molecular weight is 507 g/mol. The summed E-state index contributed by atoms with van der Waals surface area (Å²) in [6, 6.07) is 7.17. The molecule has 190 valence electrons. The minimum absolute atomic E-state index is 0.0197. The minimum Gasteiger partial charge on any atom is -0.326 e. The van der Waals surface area contributed by atoms with Crippen molar-refractivity contribution in [3.05, 3.63) is 95.5 Å². The number of carbonyl (C=O) groups is 1. The van der Waals surface area contributed by atoms with Gasteiger partial charge in [-0.2, -0.15) is 0 Å². The number of Topliss-reactive ketones (excluding diaryl/α,β-unsaturated/α-hetero) is 1. The molecule has 1 saturated carbocycles. The quantitative estimate of drug-likeness (QED) is 0.382. The van der Waals surface area contributed by atoms with E-state index in [2.05, 4.69) is 27.2 Å². The molecule has 2 N–H and O–H groups in total. The van der Waals surface area contributed by atoms with Crippen LogP contribution in [0.15, 0.2) is 61.2 Å². The van der Waals surface area contributed by atoms with Crippen molar-refractivity contribution in [3.63, 3.8) is 0 Å². The van der Waals surface area contributed by atoms with Gasteiger partial charge in [-0.3, -0.25) is 9.78 Å². The maximum atomic E-state index is 14.5. The molecule has 1 aromatic carbocycles. The van der Waals surface area contributed by atoms with E-state index >= 15 is 0 Å². The lowest BCUT2D eigenvalue weighted by Crippen LogP contribution is -2.42. The summed E-state index contributed by atoms with van der Waals surface area (Å²) < 4.78 is 44.8. The first kappa shape index (κ1) is 24.8. The number of aromatic nitrogens is 5. The zero-order valence-corrected chi connectivity index (χ0v) is 20.1. The molecule has 3 heterocycles. The van der Waals surface area contributed by atoms with Crippen LogP contribution in [0.5, 0.6) is 0 Å². The first-order chi connectivity index (χ1) is 17.8. The molecule has 1 fully saturated rings. The molecule has 0 unspecified atom stereocenters. The monoisotopic (exact) mass is 506 g/mol. The largest absolute Gasteiger partial charge is 0.326 e. The number of halogens is 3. The lowest BCUT2D eigenvalue weighted by molar-refractivity contribution is 0.0987. The van der Waals surface area contributed by atoms with Crippen molar-refractivity contribution in [2.45, 2.75) is 44.2 Å². The maximum Gasteiger partial charge on any atom is 0.185 e. The number of pyridine rings is 2. The fourth-order valence-corrected chi connectivity index (χ4v) is 5.41. The summed E-state index contributed by atoms with van der Waals surface area (Å²) in [4.78, 5) is 21.4. The third kappa shape index (κ3) is 4.89. The van der Waals surface area contributed by atoms with Gasteiger partial charge in [-0.25, -0.2) is 22.8 Å². The Labute approximate surface area is 211 Å². The standard InChI is InChI=1S/C27H25F3N6O/c1-15-11-16(12-22(31)27(15)36-10-9-33-35-36)18-7-8-32-14-17(18)13-24(37)23-6-5-21(30)26(34-23)25-19(28)3-2-4-20(25)29/h2-10,14-16,22,27H,11-13,31H2,1H3/t15-,16+,22+,27-/m0/s1. The van der Waals surface area contributed by atoms with Crippen LogP contribution in [0.4, 0.5) is 13.2 Å². The lowest BCUT2D eigenvalue weighted by atomic mass is 9.72. The second kappa shape index (κ2) is 10.2. The van der Waals surface area contributed by atoms with Crippen molar-refractivity contribution >= 4 is 5.78 Å². The highest BCUT2D eigenvalue weighted by Crippen LogP contribution is 2.42. The molecule has 0 saturated heterocycles. The van der Waals surface area contributed by atoms with E-state index < -0.39 is 34.5 Å². The van der Waals surface area contributed by atoms with E-state index in [-0.39, 0.29) is 36.0 Å². The van der Waals surface area contributed by atoms with Crippen LogP contribution in [0, 0.1) is 23.4 Å². The van der Waals surface area contributed by atoms with E-state index in [4.69, 9.17) is 5.73 Å². The summed E-state index contributed by atoms with van der Waals surface area (Å²) >= 11 is 0. The van der Waals surface area contributed by atoms with E-state index in [0.29, 0.717) is 12.0 Å². The van der Waals surface area contributed by atoms with E-state index in [1.165, 1.54) is 12.1 Å². The van der Waals surface area contributed by atoms with Crippen molar-refractivity contribution in [3.8, 4) is 11.3 Å². The summed E-state index contributed by atoms with van der Waals surface area (Å²) in [6.07, 6.45) is 8.23. The van der Waals surface area contributed by atoms with Crippen LogP contribution in [0.1, 0.15) is 53.3 Å². The highest BCUT2D eigenvalue weighted by atomic mass is 19.1. The van der Waals surface area contributed by atoms with Gasteiger partial charge in [-0.05, 0) is 66.1 Å². The smallest absolute Gasteiger partial charge is 0.185 e. The highest BCUT2D eigenvalue weighted by Gasteiger charge is 2.36. The third-order valence-corrected chi connectivity index (χ3v) is 7.04. The van der Waals surface area contributed by atoms with Crippen LogP contribution in [0.2, 0.25) is 0 Å². The topological polar surface area (TPSA) is 99.6 Å². The Balaban J connectivity index is 1.40. The van der Waals surface area contributed by atoms with E-state index in [0.717, 1.165) is 30.2 Å². The Morgan fingerprint density at radius 2 is 1.84 bits per heavy atom. The highest BCUT2D eigenvalue weighted by molar-refractivity contribution is 5.96. The Hall–Kier alpha value is -3.92. The summed E-state index contributed by atoms with van der Waals surface area (Å²) in [6.45, 7) is 2.12. The molecule has 1 aliphatic rings. The summed E-state index contributed by atoms with van der Waals surface area (Å²) in [7, 11) is 0. The predicted molar refractivity (Wildman–Crippen MR) is 130 cm³/mol. The van der Waals surface area contributed by atoms with Gasteiger partial charge in [0, 0.05) is 31.1 Å². The molecule has 4 atom stereocenters. The number of rotatable bonds is 6. The fourth-order valence-electron chi connectivity index (χ4n) is 5.41. The fraction of sp³-hybridized carbons (Fsp3) is 0.296. The zero-order valence-electron chi connectivity index (χ0n) is 20.1. The van der Waals surface area contributed by atoms with Crippen molar-refractivity contribution in [1.82, 2.24) is 25.0 Å². The summed E-state index contributed by atoms with van der Waals surface area (Å²) in [5, 5.41) is 8.03. The Morgan fingerprint density at radius 3 is 2.54 bits per heavy atom. The van der Waals surface area contributed by atoms with Gasteiger partial charge in [0.05, 0.1) is 17.8 Å². The Kier molecular flexibility index (Phi) is 6.84. The predicted octanol–water partition coefficient (Wildman–Crippen LogP) is 4.66. The molecule has 7 nitrogen and oxygen atoms in total. The van der Waals surface area contributed by atoms with Crippen LogP contribution >= 0.6 is 0 Å².